The molecule has 1 aromatic carbocycles. The summed E-state index contributed by atoms with van der Waals surface area (Å²) in [6.45, 7) is 4.48. The molecule has 24 heavy (non-hydrogen) atoms. The number of thiazole rings is 1. The summed E-state index contributed by atoms with van der Waals surface area (Å²) in [5.74, 6) is 1.38. The molecule has 2 heterocycles. The predicted octanol–water partition coefficient (Wildman–Crippen LogP) is 3.37. The van der Waals surface area contributed by atoms with Crippen LogP contribution in [0.5, 0.6) is 5.75 Å². The molecular weight excluding hydrogens is 348 g/mol. The number of rotatable bonds is 7. The molecule has 7 nitrogen and oxygen atoms in total. The first-order valence-electron chi connectivity index (χ1n) is 7.46. The fourth-order valence-corrected chi connectivity index (χ4v) is 3.43. The fraction of sp³-hybridized carbons (Fsp3) is 0.333. The first-order valence-corrected chi connectivity index (χ1v) is 9.26. The summed E-state index contributed by atoms with van der Waals surface area (Å²) in [4.78, 5) is 16.4. The van der Waals surface area contributed by atoms with Crippen molar-refractivity contribution in [3.63, 3.8) is 0 Å². The Morgan fingerprint density at radius 3 is 3.00 bits per heavy atom. The van der Waals surface area contributed by atoms with E-state index in [9.17, 15) is 4.79 Å². The Morgan fingerprint density at radius 2 is 2.25 bits per heavy atom. The fourth-order valence-electron chi connectivity index (χ4n) is 1.94. The molecule has 0 aliphatic rings. The van der Waals surface area contributed by atoms with Crippen molar-refractivity contribution in [1.29, 1.82) is 0 Å². The number of benzene rings is 1. The number of carbonyl (C=O) groups is 1. The molecule has 0 aliphatic carbocycles. The lowest BCUT2D eigenvalue weighted by Crippen LogP contribution is -2.13. The molecule has 2 aromatic heterocycles. The van der Waals surface area contributed by atoms with Gasteiger partial charge >= 0.3 is 0 Å². The van der Waals surface area contributed by atoms with Crippen molar-refractivity contribution in [1.82, 2.24) is 15.2 Å². The zero-order chi connectivity index (χ0) is 16.9. The van der Waals surface area contributed by atoms with E-state index in [-0.39, 0.29) is 11.7 Å². The second-order valence-electron chi connectivity index (χ2n) is 4.73. The van der Waals surface area contributed by atoms with Crippen LogP contribution in [0.15, 0.2) is 27.8 Å². The van der Waals surface area contributed by atoms with Gasteiger partial charge in [0.1, 0.15) is 5.75 Å². The molecule has 0 bridgehead atoms. The molecular formula is C15H16N4O3S2. The number of amides is 1. The Kier molecular flexibility index (Phi) is 5.31. The molecule has 3 aromatic rings. The highest BCUT2D eigenvalue weighted by Gasteiger charge is 2.11. The molecule has 0 fully saturated rings. The highest BCUT2D eigenvalue weighted by atomic mass is 32.2. The van der Waals surface area contributed by atoms with Crippen molar-refractivity contribution < 1.29 is 13.9 Å². The molecule has 0 unspecified atom stereocenters. The number of nitrogens with one attached hydrogen (secondary N) is 1. The minimum Gasteiger partial charge on any atom is -0.494 e. The summed E-state index contributed by atoms with van der Waals surface area (Å²) in [5.41, 5.74) is 0.830. The van der Waals surface area contributed by atoms with Crippen molar-refractivity contribution in [3.8, 4) is 5.75 Å². The van der Waals surface area contributed by atoms with Crippen LogP contribution in [0.25, 0.3) is 10.2 Å². The molecule has 0 spiro atoms. The number of anilines is 1. The Morgan fingerprint density at radius 1 is 1.38 bits per heavy atom. The summed E-state index contributed by atoms with van der Waals surface area (Å²) < 4.78 is 11.8. The van der Waals surface area contributed by atoms with Crippen LogP contribution < -0.4 is 10.1 Å². The summed E-state index contributed by atoms with van der Waals surface area (Å²) in [5, 5.41) is 11.5. The Bertz CT molecular complexity index is 846. The monoisotopic (exact) mass is 364 g/mol. The standard InChI is InChI=1S/C15H16N4O3S2/c1-3-13-18-19-15(22-13)23-8-12(20)17-14-16-10-6-5-9(21-4-2)7-11(10)24-14/h5-7H,3-4,8H2,1-2H3,(H,16,17,20). The Labute approximate surface area is 146 Å². The van der Waals surface area contributed by atoms with E-state index >= 15 is 0 Å². The highest BCUT2D eigenvalue weighted by Crippen LogP contribution is 2.29. The van der Waals surface area contributed by atoms with Crippen LogP contribution in [0.4, 0.5) is 5.13 Å². The second-order valence-corrected chi connectivity index (χ2v) is 6.69. The molecule has 3 rings (SSSR count). The van der Waals surface area contributed by atoms with Crippen LogP contribution in [0, 0.1) is 0 Å². The molecule has 126 valence electrons. The van der Waals surface area contributed by atoms with Crippen LogP contribution in [0.3, 0.4) is 0 Å². The number of carbonyl (C=O) groups excluding carboxylic acids is 1. The summed E-state index contributed by atoms with van der Waals surface area (Å²) in [6, 6.07) is 5.67. The Hall–Kier alpha value is -2.13. The van der Waals surface area contributed by atoms with Gasteiger partial charge < -0.3 is 14.5 Å². The maximum Gasteiger partial charge on any atom is 0.277 e. The van der Waals surface area contributed by atoms with Gasteiger partial charge in [0.05, 0.1) is 22.6 Å². The molecule has 0 radical (unpaired) electrons. The van der Waals surface area contributed by atoms with Crippen LogP contribution in [-0.4, -0.2) is 33.4 Å². The third kappa shape index (κ3) is 4.04. The van der Waals surface area contributed by atoms with Crippen LogP contribution >= 0.6 is 23.1 Å². The van der Waals surface area contributed by atoms with Gasteiger partial charge in [0.2, 0.25) is 11.8 Å². The van der Waals surface area contributed by atoms with E-state index < -0.39 is 0 Å². The quantitative estimate of drug-likeness (QED) is 0.643. The lowest BCUT2D eigenvalue weighted by molar-refractivity contribution is -0.113. The maximum atomic E-state index is 12.0. The smallest absolute Gasteiger partial charge is 0.277 e. The van der Waals surface area contributed by atoms with Gasteiger partial charge in [0.15, 0.2) is 5.13 Å². The van der Waals surface area contributed by atoms with Gasteiger partial charge in [-0.05, 0) is 25.1 Å². The van der Waals surface area contributed by atoms with Gasteiger partial charge in [-0.2, -0.15) is 0 Å². The maximum absolute atomic E-state index is 12.0. The molecule has 1 amide bonds. The zero-order valence-electron chi connectivity index (χ0n) is 13.2. The van der Waals surface area contributed by atoms with Crippen LogP contribution in [0.1, 0.15) is 19.7 Å². The average molecular weight is 364 g/mol. The average Bonchev–Trinajstić information content (AvgIpc) is 3.18. The van der Waals surface area contributed by atoms with Crippen molar-refractivity contribution in [2.24, 2.45) is 0 Å². The minimum absolute atomic E-state index is 0.166. The number of hydrogen-bond donors (Lipinski definition) is 1. The predicted molar refractivity (Wildman–Crippen MR) is 93.8 cm³/mol. The van der Waals surface area contributed by atoms with Gasteiger partial charge in [0, 0.05) is 6.42 Å². The topological polar surface area (TPSA) is 90.1 Å². The summed E-state index contributed by atoms with van der Waals surface area (Å²) >= 11 is 2.62. The van der Waals surface area contributed by atoms with Crippen molar-refractivity contribution in [2.45, 2.75) is 25.5 Å². The molecule has 0 aliphatic heterocycles. The number of aryl methyl sites for hydroxylation is 1. The first-order chi connectivity index (χ1) is 11.7. The lowest BCUT2D eigenvalue weighted by Gasteiger charge is -2.00. The number of ether oxygens (including phenoxy) is 1. The van der Waals surface area contributed by atoms with Gasteiger partial charge in [-0.25, -0.2) is 4.98 Å². The molecule has 0 saturated heterocycles. The van der Waals surface area contributed by atoms with E-state index in [1.807, 2.05) is 32.0 Å². The Balaban J connectivity index is 1.60. The minimum atomic E-state index is -0.166. The second kappa shape index (κ2) is 7.63. The third-order valence-corrected chi connectivity index (χ3v) is 4.75. The van der Waals surface area contributed by atoms with Crippen LogP contribution in [-0.2, 0) is 11.2 Å². The highest BCUT2D eigenvalue weighted by molar-refractivity contribution is 7.99. The van der Waals surface area contributed by atoms with E-state index in [2.05, 4.69) is 20.5 Å². The summed E-state index contributed by atoms with van der Waals surface area (Å²) in [7, 11) is 0. The molecule has 1 N–H and O–H groups in total. The SMILES string of the molecule is CCOc1ccc2nc(NC(=O)CSc3nnc(CC)o3)sc2c1. The first kappa shape index (κ1) is 16.7. The van der Waals surface area contributed by atoms with Gasteiger partial charge in [-0.3, -0.25) is 4.79 Å². The number of aromatic nitrogens is 3. The van der Waals surface area contributed by atoms with Crippen molar-refractivity contribution in [3.05, 3.63) is 24.1 Å². The van der Waals surface area contributed by atoms with E-state index in [1.165, 1.54) is 23.1 Å². The van der Waals surface area contributed by atoms with Gasteiger partial charge in [0.25, 0.3) is 5.22 Å². The van der Waals surface area contributed by atoms with Gasteiger partial charge in [-0.15, -0.1) is 10.2 Å². The molecule has 0 atom stereocenters. The molecule has 9 heteroatoms. The van der Waals surface area contributed by atoms with E-state index in [1.54, 1.807) is 0 Å². The van der Waals surface area contributed by atoms with E-state index in [4.69, 9.17) is 9.15 Å². The normalized spacial score (nSPS) is 10.9. The van der Waals surface area contributed by atoms with Crippen LogP contribution in [0.2, 0.25) is 0 Å². The zero-order valence-corrected chi connectivity index (χ0v) is 14.9. The van der Waals surface area contributed by atoms with Crippen molar-refractivity contribution in [2.75, 3.05) is 17.7 Å². The largest absolute Gasteiger partial charge is 0.494 e. The number of hydrogen-bond acceptors (Lipinski definition) is 8. The molecule has 0 saturated carbocycles. The van der Waals surface area contributed by atoms with Gasteiger partial charge in [-0.1, -0.05) is 30.0 Å². The third-order valence-electron chi connectivity index (χ3n) is 2.99. The number of thioether (sulfide) groups is 1. The lowest BCUT2D eigenvalue weighted by atomic mass is 10.3. The number of nitrogens with zero attached hydrogens (tertiary/aromatic N) is 3. The van der Waals surface area contributed by atoms with E-state index in [0.717, 1.165) is 16.0 Å². The van der Waals surface area contributed by atoms with E-state index in [0.29, 0.717) is 29.3 Å². The van der Waals surface area contributed by atoms with Crippen molar-refractivity contribution >= 4 is 44.4 Å². The summed E-state index contributed by atoms with van der Waals surface area (Å²) in [6.07, 6.45) is 0.676. The number of fused-ring (bicyclic) bond motifs is 1.